The molecule has 3 aromatic rings. The molecule has 0 amide bonds. The van der Waals surface area contributed by atoms with Gasteiger partial charge in [0.1, 0.15) is 65.7 Å². The molecule has 2 aromatic carbocycles. The van der Waals surface area contributed by atoms with Gasteiger partial charge in [-0.2, -0.15) is 0 Å². The molecular weight excluding hydrogens is 592 g/mol. The highest BCUT2D eigenvalue weighted by atomic mass is 16.7. The summed E-state index contributed by atoms with van der Waals surface area (Å²) in [5.41, 5.74) is 0.244. The molecule has 10 N–H and O–H groups in total. The first-order valence-electron chi connectivity index (χ1n) is 13.4. The van der Waals surface area contributed by atoms with Gasteiger partial charge >= 0.3 is 11.3 Å². The number of hydrogen-bond acceptors (Lipinski definition) is 15. The molecule has 2 aliphatic rings. The summed E-state index contributed by atoms with van der Waals surface area (Å²) in [7, 11) is 1.32. The molecule has 0 aliphatic carbocycles. The highest BCUT2D eigenvalue weighted by Gasteiger charge is 2.47. The molecule has 5 rings (SSSR count). The van der Waals surface area contributed by atoms with Gasteiger partial charge in [-0.3, -0.25) is 0 Å². The molecule has 44 heavy (non-hydrogen) atoms. The second-order valence-electron chi connectivity index (χ2n) is 10.3. The van der Waals surface area contributed by atoms with E-state index in [-0.39, 0.29) is 51.0 Å². The van der Waals surface area contributed by atoms with Gasteiger partial charge in [0, 0.05) is 18.2 Å². The van der Waals surface area contributed by atoms with Crippen molar-refractivity contribution in [1.82, 2.24) is 0 Å². The van der Waals surface area contributed by atoms with Crippen molar-refractivity contribution in [3.8, 4) is 40.1 Å². The summed E-state index contributed by atoms with van der Waals surface area (Å²) in [4.78, 5) is 0. The summed E-state index contributed by atoms with van der Waals surface area (Å²) in [6.45, 7) is -1.43. The Bertz CT molecular complexity index is 1460. The van der Waals surface area contributed by atoms with E-state index in [1.54, 1.807) is 0 Å². The van der Waals surface area contributed by atoms with Crippen LogP contribution in [0.1, 0.15) is 0 Å². The van der Waals surface area contributed by atoms with Crippen molar-refractivity contribution < 1.29 is 79.2 Å². The van der Waals surface area contributed by atoms with Crippen molar-refractivity contribution in [3.63, 3.8) is 0 Å². The normalized spacial score (nSPS) is 32.4. The molecule has 2 saturated heterocycles. The van der Waals surface area contributed by atoms with Gasteiger partial charge in [-0.1, -0.05) is 0 Å². The quantitative estimate of drug-likeness (QED) is 0.123. The molecule has 10 atom stereocenters. The van der Waals surface area contributed by atoms with Crippen molar-refractivity contribution in [2.24, 2.45) is 0 Å². The van der Waals surface area contributed by atoms with Gasteiger partial charge in [-0.15, -0.1) is 0 Å². The van der Waals surface area contributed by atoms with Crippen LogP contribution in [0.15, 0.2) is 40.8 Å². The number of methoxy groups -OCH3 is 1. The molecule has 3 heterocycles. The van der Waals surface area contributed by atoms with E-state index < -0.39 is 74.6 Å². The summed E-state index contributed by atoms with van der Waals surface area (Å²) in [5, 5.41) is 102. The molecule has 2 aliphatic heterocycles. The van der Waals surface area contributed by atoms with Crippen LogP contribution in [0.4, 0.5) is 0 Å². The number of phenols is 2. The standard InChI is InChI=1S/C28H32O16/c1-39-16-4-10(2-3-13(16)32)26-17(42-28-25(38)23(36)21(34)19(9-30)44-28)7-12-14(40-26)5-11(31)6-15(12)41-27-24(37)22(35)20(33)18(8-29)43-27/h2-7,18-25,27-30,33-38H,8-9H2,1H3,(H-,31,32)/p+1/t18-,19-,20-,21-,22+,23+,24-,25-,27-,28-/m0/s1. The van der Waals surface area contributed by atoms with Gasteiger partial charge in [0.25, 0.3) is 0 Å². The first-order valence-corrected chi connectivity index (χ1v) is 13.4. The Kier molecular flexibility index (Phi) is 9.28. The minimum atomic E-state index is -1.80. The van der Waals surface area contributed by atoms with Crippen LogP contribution in [0, 0.1) is 0 Å². The lowest BCUT2D eigenvalue weighted by atomic mass is 9.99. The maximum Gasteiger partial charge on any atom is 0.402 e. The van der Waals surface area contributed by atoms with Crippen molar-refractivity contribution in [1.29, 1.82) is 0 Å². The number of fused-ring (bicyclic) bond motifs is 1. The Morgan fingerprint density at radius 2 is 1.25 bits per heavy atom. The SMILES string of the molecule is COc1cc(-c2[o+]c3cc(O)cc(O[C@H]4O[C@@H](CO)[C@H](O)[C@@H](O)[C@@H]4O)c3cc2O[C@H]2O[C@@H](CO)[C@H](O)[C@@H](O)[C@@H]2O)ccc1O. The molecule has 240 valence electrons. The van der Waals surface area contributed by atoms with E-state index >= 15 is 0 Å². The monoisotopic (exact) mass is 625 g/mol. The minimum Gasteiger partial charge on any atom is -0.507 e. The van der Waals surface area contributed by atoms with Gasteiger partial charge in [-0.05, 0) is 12.1 Å². The van der Waals surface area contributed by atoms with Crippen LogP contribution in [0.25, 0.3) is 22.3 Å². The third-order valence-corrected chi connectivity index (χ3v) is 7.43. The Morgan fingerprint density at radius 1 is 0.682 bits per heavy atom. The summed E-state index contributed by atoms with van der Waals surface area (Å²) < 4.78 is 33.9. The predicted octanol–water partition coefficient (Wildman–Crippen LogP) is -1.84. The zero-order valence-electron chi connectivity index (χ0n) is 23.1. The highest BCUT2D eigenvalue weighted by Crippen LogP contribution is 2.43. The van der Waals surface area contributed by atoms with Crippen molar-refractivity contribution in [2.75, 3.05) is 20.3 Å². The molecule has 0 radical (unpaired) electrons. The molecule has 0 saturated carbocycles. The van der Waals surface area contributed by atoms with Gasteiger partial charge in [-0.25, -0.2) is 4.42 Å². The fourth-order valence-corrected chi connectivity index (χ4v) is 4.96. The predicted molar refractivity (Wildman–Crippen MR) is 145 cm³/mol. The fraction of sp³-hybridized carbons (Fsp3) is 0.464. The minimum absolute atomic E-state index is 0.0206. The number of hydrogen-bond donors (Lipinski definition) is 10. The van der Waals surface area contributed by atoms with E-state index in [1.807, 2.05) is 0 Å². The number of benzene rings is 2. The Labute approximate surface area is 248 Å². The Hall–Kier alpha value is -3.55. The van der Waals surface area contributed by atoms with E-state index in [2.05, 4.69) is 0 Å². The van der Waals surface area contributed by atoms with Crippen LogP contribution in [0.5, 0.6) is 28.7 Å². The lowest BCUT2D eigenvalue weighted by molar-refractivity contribution is -0.277. The molecule has 16 nitrogen and oxygen atoms in total. The Balaban J connectivity index is 1.62. The number of rotatable bonds is 8. The van der Waals surface area contributed by atoms with Crippen LogP contribution < -0.4 is 14.2 Å². The van der Waals surface area contributed by atoms with E-state index in [0.29, 0.717) is 0 Å². The van der Waals surface area contributed by atoms with Crippen LogP contribution >= 0.6 is 0 Å². The molecule has 1 aromatic heterocycles. The van der Waals surface area contributed by atoms with E-state index in [9.17, 15) is 51.1 Å². The number of ether oxygens (including phenoxy) is 5. The third kappa shape index (κ3) is 5.92. The molecule has 0 bridgehead atoms. The number of aromatic hydroxyl groups is 2. The van der Waals surface area contributed by atoms with E-state index in [1.165, 1.54) is 37.4 Å². The first-order chi connectivity index (χ1) is 21.0. The van der Waals surface area contributed by atoms with Gasteiger partial charge in [0.05, 0.1) is 32.0 Å². The number of aliphatic hydroxyl groups excluding tert-OH is 8. The summed E-state index contributed by atoms with van der Waals surface area (Å²) in [6.07, 6.45) is -16.3. The molecule has 0 unspecified atom stereocenters. The Morgan fingerprint density at radius 3 is 1.80 bits per heavy atom. The summed E-state index contributed by atoms with van der Waals surface area (Å²) in [5.74, 6) is -0.907. The summed E-state index contributed by atoms with van der Waals surface area (Å²) in [6, 6.07) is 7.81. The first kappa shape index (κ1) is 31.9. The zero-order chi connectivity index (χ0) is 31.9. The maximum atomic E-state index is 10.6. The van der Waals surface area contributed by atoms with E-state index in [4.69, 9.17) is 28.1 Å². The molecule has 0 spiro atoms. The van der Waals surface area contributed by atoms with Crippen LogP contribution in [0.3, 0.4) is 0 Å². The summed E-state index contributed by atoms with van der Waals surface area (Å²) >= 11 is 0. The number of aliphatic hydroxyl groups is 8. The second kappa shape index (κ2) is 12.8. The molecular formula is C28H33O16+. The third-order valence-electron chi connectivity index (χ3n) is 7.43. The highest BCUT2D eigenvalue weighted by molar-refractivity contribution is 5.89. The lowest BCUT2D eigenvalue weighted by Crippen LogP contribution is -2.60. The van der Waals surface area contributed by atoms with Crippen LogP contribution in [0.2, 0.25) is 0 Å². The van der Waals surface area contributed by atoms with Crippen molar-refractivity contribution in [2.45, 2.75) is 61.4 Å². The van der Waals surface area contributed by atoms with Crippen molar-refractivity contribution >= 4 is 11.0 Å². The molecule has 2 fully saturated rings. The van der Waals surface area contributed by atoms with Gasteiger partial charge in [0.15, 0.2) is 11.5 Å². The number of phenolic OH excluding ortho intramolecular Hbond substituents is 2. The van der Waals surface area contributed by atoms with Gasteiger partial charge in [0.2, 0.25) is 18.3 Å². The average Bonchev–Trinajstić information content (AvgIpc) is 3.01. The van der Waals surface area contributed by atoms with Crippen LogP contribution in [-0.4, -0.2) is 133 Å². The average molecular weight is 626 g/mol. The maximum absolute atomic E-state index is 10.6. The zero-order valence-corrected chi connectivity index (χ0v) is 23.1. The van der Waals surface area contributed by atoms with Crippen molar-refractivity contribution in [3.05, 3.63) is 36.4 Å². The van der Waals surface area contributed by atoms with Crippen LogP contribution in [-0.2, 0) is 9.47 Å². The lowest BCUT2D eigenvalue weighted by Gasteiger charge is -2.39. The van der Waals surface area contributed by atoms with Gasteiger partial charge < -0.3 is 74.7 Å². The second-order valence-corrected chi connectivity index (χ2v) is 10.3. The molecule has 16 heteroatoms. The van der Waals surface area contributed by atoms with E-state index in [0.717, 1.165) is 6.07 Å². The fourth-order valence-electron chi connectivity index (χ4n) is 4.96. The topological polar surface area (TPSA) is 260 Å². The largest absolute Gasteiger partial charge is 0.507 e. The smallest absolute Gasteiger partial charge is 0.402 e.